The molecule has 0 aromatic heterocycles. The molecule has 0 aliphatic carbocycles. The van der Waals surface area contributed by atoms with Crippen LogP contribution in [0.3, 0.4) is 0 Å². The Morgan fingerprint density at radius 3 is 2.80 bits per heavy atom. The lowest BCUT2D eigenvalue weighted by Gasteiger charge is -2.15. The second-order valence-electron chi connectivity index (χ2n) is 3.84. The summed E-state index contributed by atoms with van der Waals surface area (Å²) < 4.78 is 5.00. The lowest BCUT2D eigenvalue weighted by atomic mass is 9.86. The summed E-state index contributed by atoms with van der Waals surface area (Å²) in [5.74, 6) is -0.357. The van der Waals surface area contributed by atoms with Gasteiger partial charge < -0.3 is 19.9 Å². The van der Waals surface area contributed by atoms with E-state index in [1.54, 1.807) is 13.7 Å². The molecule has 1 aliphatic rings. The predicted octanol–water partition coefficient (Wildman–Crippen LogP) is -0.820. The maximum atomic E-state index is 11.6. The van der Waals surface area contributed by atoms with E-state index in [0.717, 1.165) is 0 Å². The van der Waals surface area contributed by atoms with Crippen molar-refractivity contribution in [2.75, 3.05) is 26.7 Å². The summed E-state index contributed by atoms with van der Waals surface area (Å²) in [5.41, 5.74) is 0. The Labute approximate surface area is 90.9 Å². The first-order valence-electron chi connectivity index (χ1n) is 5.36. The zero-order valence-electron chi connectivity index (χ0n) is 9.56. The first-order valence-corrected chi connectivity index (χ1v) is 5.36. The van der Waals surface area contributed by atoms with E-state index in [4.69, 9.17) is 4.74 Å². The fourth-order valence-corrected chi connectivity index (χ4v) is 1.92. The van der Waals surface area contributed by atoms with Gasteiger partial charge in [0.05, 0.1) is 12.5 Å². The number of nitrogens with one attached hydrogen (secondary N) is 1. The number of carbonyl (C=O) groups excluding carboxylic acids is 1. The number of likely N-dealkylation sites (N-methyl/N-ethyl adjacent to an activating group) is 1. The fourth-order valence-electron chi connectivity index (χ4n) is 1.92. The van der Waals surface area contributed by atoms with Crippen LogP contribution in [0, 0.1) is 5.92 Å². The average molecular weight is 214 g/mol. The summed E-state index contributed by atoms with van der Waals surface area (Å²) in [4.78, 5) is 13.5. The van der Waals surface area contributed by atoms with E-state index in [1.165, 1.54) is 0 Å². The van der Waals surface area contributed by atoms with Crippen molar-refractivity contribution in [3.63, 3.8) is 0 Å². The predicted molar refractivity (Wildman–Crippen MR) is 58.4 cm³/mol. The highest BCUT2D eigenvalue weighted by atomic mass is 16.5. The van der Waals surface area contributed by atoms with Crippen LogP contribution in [0.25, 0.3) is 0 Å². The van der Waals surface area contributed by atoms with Gasteiger partial charge in [-0.05, 0) is 20.8 Å². The molecule has 1 rings (SSSR count). The van der Waals surface area contributed by atoms with Crippen LogP contribution in [0.15, 0.2) is 0 Å². The second-order valence-corrected chi connectivity index (χ2v) is 3.84. The SMILES string of the molecule is CCOC(=O)[C@@H]1CN(B(C)O)CC1NC. The van der Waals surface area contributed by atoms with Crippen LogP contribution < -0.4 is 5.32 Å². The van der Waals surface area contributed by atoms with Gasteiger partial charge in [-0.3, -0.25) is 4.79 Å². The third-order valence-corrected chi connectivity index (χ3v) is 2.84. The monoisotopic (exact) mass is 214 g/mol. The third kappa shape index (κ3) is 2.93. The molecule has 2 atom stereocenters. The molecule has 1 aliphatic heterocycles. The van der Waals surface area contributed by atoms with E-state index in [9.17, 15) is 9.82 Å². The van der Waals surface area contributed by atoms with Gasteiger partial charge in [0.1, 0.15) is 0 Å². The molecule has 1 unspecified atom stereocenters. The molecule has 0 amide bonds. The second kappa shape index (κ2) is 5.49. The third-order valence-electron chi connectivity index (χ3n) is 2.84. The van der Waals surface area contributed by atoms with E-state index in [0.29, 0.717) is 19.7 Å². The van der Waals surface area contributed by atoms with Gasteiger partial charge in [-0.1, -0.05) is 0 Å². The van der Waals surface area contributed by atoms with Crippen LogP contribution in [-0.2, 0) is 9.53 Å². The van der Waals surface area contributed by atoms with Gasteiger partial charge in [0.25, 0.3) is 0 Å². The summed E-state index contributed by atoms with van der Waals surface area (Å²) >= 11 is 0. The molecule has 5 nitrogen and oxygen atoms in total. The summed E-state index contributed by atoms with van der Waals surface area (Å²) in [6.07, 6.45) is 0. The number of nitrogens with zero attached hydrogens (tertiary/aromatic N) is 1. The van der Waals surface area contributed by atoms with Gasteiger partial charge in [0, 0.05) is 19.1 Å². The molecule has 1 heterocycles. The van der Waals surface area contributed by atoms with Crippen LogP contribution in [0.5, 0.6) is 0 Å². The highest BCUT2D eigenvalue weighted by molar-refractivity contribution is 6.45. The minimum absolute atomic E-state index is 0.0682. The zero-order chi connectivity index (χ0) is 11.4. The number of hydrogen-bond donors (Lipinski definition) is 2. The minimum atomic E-state index is -0.514. The van der Waals surface area contributed by atoms with Crippen molar-refractivity contribution in [2.45, 2.75) is 19.8 Å². The van der Waals surface area contributed by atoms with E-state index in [1.807, 2.05) is 11.9 Å². The summed E-state index contributed by atoms with van der Waals surface area (Å²) in [6.45, 7) is 5.15. The first-order chi connectivity index (χ1) is 7.10. The van der Waals surface area contributed by atoms with Crippen molar-refractivity contribution in [2.24, 2.45) is 5.92 Å². The van der Waals surface area contributed by atoms with Crippen LogP contribution in [0.1, 0.15) is 6.92 Å². The van der Waals surface area contributed by atoms with Crippen LogP contribution in [-0.4, -0.2) is 55.6 Å². The van der Waals surface area contributed by atoms with Crippen molar-refractivity contribution in [1.82, 2.24) is 10.1 Å². The van der Waals surface area contributed by atoms with Gasteiger partial charge in [-0.2, -0.15) is 0 Å². The van der Waals surface area contributed by atoms with Gasteiger partial charge in [0.2, 0.25) is 0 Å². The molecule has 6 heteroatoms. The average Bonchev–Trinajstić information content (AvgIpc) is 2.61. The molecule has 0 saturated carbocycles. The van der Waals surface area contributed by atoms with Gasteiger partial charge >= 0.3 is 13.0 Å². The van der Waals surface area contributed by atoms with E-state index in [-0.39, 0.29) is 17.9 Å². The van der Waals surface area contributed by atoms with E-state index >= 15 is 0 Å². The minimum Gasteiger partial charge on any atom is -0.466 e. The molecule has 1 saturated heterocycles. The normalized spacial score (nSPS) is 26.7. The Balaban J connectivity index is 2.59. The standard InChI is InChI=1S/C9H19BN2O3/c1-4-15-9(13)7-5-12(10(2)14)6-8(7)11-3/h7-8,11,14H,4-6H2,1-3H3/t7-,8?/m1/s1. The van der Waals surface area contributed by atoms with Crippen LogP contribution in [0.2, 0.25) is 6.82 Å². The Bertz CT molecular complexity index is 225. The number of ether oxygens (including phenoxy) is 1. The zero-order valence-corrected chi connectivity index (χ0v) is 9.56. The maximum Gasteiger partial charge on any atom is 0.376 e. The molecule has 15 heavy (non-hydrogen) atoms. The summed E-state index contributed by atoms with van der Waals surface area (Å²) in [6, 6.07) is 0.0682. The van der Waals surface area contributed by atoms with Crippen molar-refractivity contribution in [1.29, 1.82) is 0 Å². The molecule has 2 N–H and O–H groups in total. The van der Waals surface area contributed by atoms with Crippen molar-refractivity contribution >= 4 is 13.0 Å². The Morgan fingerprint density at radius 2 is 2.33 bits per heavy atom. The van der Waals surface area contributed by atoms with Gasteiger partial charge in [-0.15, -0.1) is 0 Å². The van der Waals surface area contributed by atoms with Crippen molar-refractivity contribution in [3.8, 4) is 0 Å². The lowest BCUT2D eigenvalue weighted by Crippen LogP contribution is -2.38. The topological polar surface area (TPSA) is 61.8 Å². The van der Waals surface area contributed by atoms with Crippen molar-refractivity contribution in [3.05, 3.63) is 0 Å². The van der Waals surface area contributed by atoms with Crippen LogP contribution >= 0.6 is 0 Å². The molecule has 0 radical (unpaired) electrons. The highest BCUT2D eigenvalue weighted by Gasteiger charge is 2.39. The first kappa shape index (κ1) is 12.5. The molecule has 0 bridgehead atoms. The van der Waals surface area contributed by atoms with E-state index in [2.05, 4.69) is 5.32 Å². The molecular formula is C9H19BN2O3. The fraction of sp³-hybridized carbons (Fsp3) is 0.889. The largest absolute Gasteiger partial charge is 0.466 e. The Kier molecular flexibility index (Phi) is 4.57. The quantitative estimate of drug-likeness (QED) is 0.473. The Morgan fingerprint density at radius 1 is 1.67 bits per heavy atom. The number of hydrogen-bond acceptors (Lipinski definition) is 5. The molecule has 1 fully saturated rings. The number of rotatable bonds is 4. The van der Waals surface area contributed by atoms with E-state index < -0.39 is 7.05 Å². The molecule has 0 spiro atoms. The maximum absolute atomic E-state index is 11.6. The number of esters is 1. The van der Waals surface area contributed by atoms with Gasteiger partial charge in [0.15, 0.2) is 0 Å². The molecular weight excluding hydrogens is 195 g/mol. The lowest BCUT2D eigenvalue weighted by molar-refractivity contribution is -0.148. The molecule has 0 aromatic carbocycles. The number of carbonyl (C=O) groups is 1. The smallest absolute Gasteiger partial charge is 0.376 e. The van der Waals surface area contributed by atoms with Gasteiger partial charge in [-0.25, -0.2) is 0 Å². The van der Waals surface area contributed by atoms with Crippen molar-refractivity contribution < 1.29 is 14.6 Å². The summed E-state index contributed by atoms with van der Waals surface area (Å²) in [5, 5.41) is 12.5. The van der Waals surface area contributed by atoms with Crippen LogP contribution in [0.4, 0.5) is 0 Å². The molecule has 0 aromatic rings. The highest BCUT2D eigenvalue weighted by Crippen LogP contribution is 2.18. The Hall–Kier alpha value is -0.585. The summed E-state index contributed by atoms with van der Waals surface area (Å²) in [7, 11) is 1.31. The molecule has 86 valence electrons.